The first kappa shape index (κ1) is 21.9. The molecular weight excluding hydrogens is 380 g/mol. The number of hydrogen-bond donors (Lipinski definition) is 2. The van der Waals surface area contributed by atoms with Crippen LogP contribution in [0.1, 0.15) is 56.9 Å². The summed E-state index contributed by atoms with van der Waals surface area (Å²) in [7, 11) is 0. The fraction of sp³-hybridized carbons (Fsp3) is 0.579. The van der Waals surface area contributed by atoms with Gasteiger partial charge in [-0.15, -0.1) is 11.3 Å². The molecule has 2 N–H and O–H groups in total. The maximum Gasteiger partial charge on any atom is 0.349 e. The topological polar surface area (TPSA) is 102 Å². The maximum absolute atomic E-state index is 12.5. The molecule has 2 heterocycles. The van der Waals surface area contributed by atoms with Crippen molar-refractivity contribution in [3.05, 3.63) is 16.6 Å². The third kappa shape index (κ3) is 5.54. The van der Waals surface area contributed by atoms with Crippen LogP contribution in [0, 0.1) is 12.8 Å². The van der Waals surface area contributed by atoms with E-state index in [1.807, 2.05) is 11.6 Å². The minimum absolute atomic E-state index is 0.395. The first-order valence-electron chi connectivity index (χ1n) is 9.18. The molecule has 3 amide bonds. The van der Waals surface area contributed by atoms with Crippen LogP contribution in [0.4, 0.5) is 4.79 Å². The Labute approximate surface area is 168 Å². The zero-order chi connectivity index (χ0) is 21.2. The quantitative estimate of drug-likeness (QED) is 0.740. The second kappa shape index (κ2) is 8.30. The molecule has 0 saturated heterocycles. The van der Waals surface area contributed by atoms with Gasteiger partial charge < -0.3 is 10.1 Å². The van der Waals surface area contributed by atoms with Gasteiger partial charge in [0, 0.05) is 17.5 Å². The monoisotopic (exact) mass is 408 g/mol. The summed E-state index contributed by atoms with van der Waals surface area (Å²) in [5.41, 5.74) is 0.360. The lowest BCUT2D eigenvalue weighted by molar-refractivity contribution is -0.127. The Bertz CT molecular complexity index is 892. The lowest BCUT2D eigenvalue weighted by atomic mass is 10.1. The Morgan fingerprint density at radius 1 is 1.25 bits per heavy atom. The number of aromatic nitrogens is 2. The normalized spacial score (nSPS) is 12.9. The largest absolute Gasteiger partial charge is 0.448 e. The van der Waals surface area contributed by atoms with Gasteiger partial charge in [-0.25, -0.2) is 9.59 Å². The summed E-state index contributed by atoms with van der Waals surface area (Å²) in [4.78, 5) is 37.6. The molecule has 8 nitrogen and oxygen atoms in total. The lowest BCUT2D eigenvalue weighted by Gasteiger charge is -2.21. The van der Waals surface area contributed by atoms with Crippen molar-refractivity contribution in [2.75, 3.05) is 0 Å². The number of urea groups is 1. The van der Waals surface area contributed by atoms with Crippen LogP contribution in [-0.4, -0.2) is 39.3 Å². The summed E-state index contributed by atoms with van der Waals surface area (Å²) in [5.74, 6) is -0.864. The molecule has 0 aliphatic rings. The third-order valence-corrected chi connectivity index (χ3v) is 4.85. The first-order valence-corrected chi connectivity index (χ1v) is 10.00. The Kier molecular flexibility index (Phi) is 6.48. The van der Waals surface area contributed by atoms with E-state index in [0.29, 0.717) is 10.8 Å². The van der Waals surface area contributed by atoms with Crippen LogP contribution in [0.2, 0.25) is 0 Å². The van der Waals surface area contributed by atoms with Gasteiger partial charge in [-0.05, 0) is 46.6 Å². The van der Waals surface area contributed by atoms with E-state index in [2.05, 4.69) is 29.6 Å². The highest BCUT2D eigenvalue weighted by atomic mass is 32.1. The molecule has 0 saturated carbocycles. The lowest BCUT2D eigenvalue weighted by Crippen LogP contribution is -2.50. The second-order valence-electron chi connectivity index (χ2n) is 8.23. The third-order valence-electron chi connectivity index (χ3n) is 3.72. The van der Waals surface area contributed by atoms with Gasteiger partial charge in [0.25, 0.3) is 5.91 Å². The Morgan fingerprint density at radius 2 is 1.89 bits per heavy atom. The van der Waals surface area contributed by atoms with Gasteiger partial charge in [0.1, 0.15) is 9.71 Å². The number of fused-ring (bicyclic) bond motifs is 1. The molecule has 2 aromatic heterocycles. The highest BCUT2D eigenvalue weighted by Crippen LogP contribution is 2.29. The summed E-state index contributed by atoms with van der Waals surface area (Å²) in [6.07, 6.45) is -1.10. The van der Waals surface area contributed by atoms with Crippen LogP contribution < -0.4 is 10.6 Å². The molecular formula is C19H28N4O4S. The average molecular weight is 409 g/mol. The van der Waals surface area contributed by atoms with Gasteiger partial charge in [0.2, 0.25) is 0 Å². The van der Waals surface area contributed by atoms with E-state index in [0.717, 1.165) is 22.5 Å². The van der Waals surface area contributed by atoms with E-state index in [-0.39, 0.29) is 0 Å². The summed E-state index contributed by atoms with van der Waals surface area (Å²) in [6.45, 7) is 13.7. The van der Waals surface area contributed by atoms with Crippen molar-refractivity contribution in [3.63, 3.8) is 0 Å². The molecule has 0 aromatic carbocycles. The van der Waals surface area contributed by atoms with E-state index in [1.165, 1.54) is 18.3 Å². The molecule has 0 fully saturated rings. The number of rotatable bonds is 5. The van der Waals surface area contributed by atoms with E-state index >= 15 is 0 Å². The van der Waals surface area contributed by atoms with Crippen LogP contribution in [-0.2, 0) is 16.1 Å². The van der Waals surface area contributed by atoms with Crippen molar-refractivity contribution in [3.8, 4) is 0 Å². The van der Waals surface area contributed by atoms with Crippen molar-refractivity contribution >= 4 is 39.5 Å². The maximum atomic E-state index is 12.5. The molecule has 0 spiro atoms. The molecule has 2 aromatic rings. The Balaban J connectivity index is 2.05. The number of hydrogen-bond acceptors (Lipinski definition) is 6. The van der Waals surface area contributed by atoms with E-state index in [1.54, 1.807) is 26.8 Å². The standard InChI is InChI=1S/C19H28N4O4S/c1-10(2)9-23-16-13(11(3)22-23)8-14(28-16)17(25)27-12(4)15(24)20-18(26)21-19(5,6)7/h8,10,12H,9H2,1-7H3,(H2,20,21,24,26). The van der Waals surface area contributed by atoms with Crippen LogP contribution in [0.15, 0.2) is 6.07 Å². The van der Waals surface area contributed by atoms with Gasteiger partial charge >= 0.3 is 12.0 Å². The number of ether oxygens (including phenoxy) is 1. The molecule has 9 heteroatoms. The second-order valence-corrected chi connectivity index (χ2v) is 9.26. The van der Waals surface area contributed by atoms with Gasteiger partial charge in [-0.1, -0.05) is 13.8 Å². The summed E-state index contributed by atoms with van der Waals surface area (Å²) < 4.78 is 7.13. The average Bonchev–Trinajstić information content (AvgIpc) is 3.06. The highest BCUT2D eigenvalue weighted by Gasteiger charge is 2.24. The number of nitrogens with one attached hydrogen (secondary N) is 2. The molecule has 2 rings (SSSR count). The van der Waals surface area contributed by atoms with Crippen molar-refractivity contribution in [1.29, 1.82) is 0 Å². The Morgan fingerprint density at radius 3 is 2.46 bits per heavy atom. The fourth-order valence-corrected chi connectivity index (χ4v) is 3.59. The Hall–Kier alpha value is -2.42. The number of nitrogens with zero attached hydrogens (tertiary/aromatic N) is 2. The number of thiophene rings is 1. The number of carbonyl (C=O) groups is 3. The molecule has 28 heavy (non-hydrogen) atoms. The van der Waals surface area contributed by atoms with Crippen molar-refractivity contribution in [1.82, 2.24) is 20.4 Å². The highest BCUT2D eigenvalue weighted by molar-refractivity contribution is 7.20. The summed E-state index contributed by atoms with van der Waals surface area (Å²) >= 11 is 1.29. The number of carbonyl (C=O) groups excluding carboxylic acids is 3. The minimum Gasteiger partial charge on any atom is -0.448 e. The molecule has 0 bridgehead atoms. The predicted octanol–water partition coefficient (Wildman–Crippen LogP) is 3.23. The van der Waals surface area contributed by atoms with E-state index < -0.39 is 29.6 Å². The zero-order valence-corrected chi connectivity index (χ0v) is 18.2. The molecule has 0 aliphatic heterocycles. The predicted molar refractivity (Wildman–Crippen MR) is 108 cm³/mol. The van der Waals surface area contributed by atoms with Gasteiger partial charge in [0.15, 0.2) is 6.10 Å². The van der Waals surface area contributed by atoms with Crippen molar-refractivity contribution in [2.45, 2.75) is 66.7 Å². The molecule has 0 radical (unpaired) electrons. The van der Waals surface area contributed by atoms with Crippen molar-refractivity contribution in [2.24, 2.45) is 5.92 Å². The van der Waals surface area contributed by atoms with Crippen LogP contribution in [0.25, 0.3) is 10.2 Å². The van der Waals surface area contributed by atoms with Gasteiger partial charge in [-0.2, -0.15) is 5.10 Å². The van der Waals surface area contributed by atoms with E-state index in [4.69, 9.17) is 4.74 Å². The smallest absolute Gasteiger partial charge is 0.349 e. The molecule has 0 aliphatic carbocycles. The minimum atomic E-state index is -1.10. The van der Waals surface area contributed by atoms with Crippen LogP contribution in [0.3, 0.4) is 0 Å². The summed E-state index contributed by atoms with van der Waals surface area (Å²) in [6, 6.07) is 1.10. The first-order chi connectivity index (χ1) is 12.9. The number of imide groups is 1. The zero-order valence-electron chi connectivity index (χ0n) is 17.4. The fourth-order valence-electron chi connectivity index (χ4n) is 2.54. The SMILES string of the molecule is Cc1nn(CC(C)C)c2sc(C(=O)OC(C)C(=O)NC(=O)NC(C)(C)C)cc12. The summed E-state index contributed by atoms with van der Waals surface area (Å²) in [5, 5.41) is 10.2. The van der Waals surface area contributed by atoms with Gasteiger partial charge in [0.05, 0.1) is 5.69 Å². The van der Waals surface area contributed by atoms with E-state index in [9.17, 15) is 14.4 Å². The molecule has 1 unspecified atom stereocenters. The van der Waals surface area contributed by atoms with Crippen LogP contribution >= 0.6 is 11.3 Å². The number of amides is 3. The molecule has 1 atom stereocenters. The van der Waals surface area contributed by atoms with Gasteiger partial charge in [-0.3, -0.25) is 14.8 Å². The van der Waals surface area contributed by atoms with Crippen LogP contribution in [0.5, 0.6) is 0 Å². The number of aryl methyl sites for hydroxylation is 1. The molecule has 154 valence electrons. The van der Waals surface area contributed by atoms with Crippen molar-refractivity contribution < 1.29 is 19.1 Å². The number of esters is 1.